The fourth-order valence-electron chi connectivity index (χ4n) is 2.64. The van der Waals surface area contributed by atoms with Crippen LogP contribution < -0.4 is 5.32 Å². The first-order valence-electron chi connectivity index (χ1n) is 7.80. The van der Waals surface area contributed by atoms with Gasteiger partial charge in [-0.1, -0.05) is 12.1 Å². The largest absolute Gasteiger partial charge is 0.372 e. The lowest BCUT2D eigenvalue weighted by Crippen LogP contribution is -2.07. The molecule has 3 heterocycles. The predicted octanol–water partition coefficient (Wildman–Crippen LogP) is 3.23. The van der Waals surface area contributed by atoms with Crippen LogP contribution in [0.25, 0.3) is 17.3 Å². The summed E-state index contributed by atoms with van der Waals surface area (Å²) in [7, 11) is 1.83. The number of hydrogen-bond donors (Lipinski definition) is 1. The van der Waals surface area contributed by atoms with Crippen LogP contribution in [0, 0.1) is 0 Å². The van der Waals surface area contributed by atoms with Gasteiger partial charge in [-0.15, -0.1) is 11.3 Å². The number of hydrogen-bond acceptors (Lipinski definition) is 5. The Balaban J connectivity index is 1.44. The molecular formula is C18H16N4O2S. The van der Waals surface area contributed by atoms with Crippen molar-refractivity contribution in [2.75, 3.05) is 5.32 Å². The number of aromatic nitrogens is 3. The molecule has 0 bridgehead atoms. The Hall–Kier alpha value is -2.77. The quantitative estimate of drug-likeness (QED) is 0.732. The molecule has 25 heavy (non-hydrogen) atoms. The van der Waals surface area contributed by atoms with Crippen LogP contribution in [0.4, 0.5) is 5.13 Å². The van der Waals surface area contributed by atoms with Gasteiger partial charge in [0, 0.05) is 35.8 Å². The second-order valence-corrected chi connectivity index (χ2v) is 6.64. The number of nitrogens with one attached hydrogen (secondary N) is 1. The Labute approximate surface area is 148 Å². The second kappa shape index (κ2) is 6.62. The zero-order valence-electron chi connectivity index (χ0n) is 13.6. The van der Waals surface area contributed by atoms with Gasteiger partial charge in [0.15, 0.2) is 5.13 Å². The Morgan fingerprint density at radius 1 is 1.36 bits per heavy atom. The predicted molar refractivity (Wildman–Crippen MR) is 96.9 cm³/mol. The topological polar surface area (TPSA) is 69.0 Å². The maximum atomic E-state index is 12.0. The minimum Gasteiger partial charge on any atom is -0.372 e. The van der Waals surface area contributed by atoms with E-state index in [1.54, 1.807) is 17.0 Å². The van der Waals surface area contributed by atoms with Crippen LogP contribution in [0.3, 0.4) is 0 Å². The zero-order chi connectivity index (χ0) is 17.2. The number of nitrogens with zero attached hydrogens (tertiary/aromatic N) is 3. The molecule has 1 amide bonds. The summed E-state index contributed by atoms with van der Waals surface area (Å²) in [6, 6.07) is 6.22. The highest BCUT2D eigenvalue weighted by Crippen LogP contribution is 2.29. The van der Waals surface area contributed by atoms with Crippen molar-refractivity contribution in [3.8, 4) is 11.3 Å². The molecular weight excluding hydrogens is 336 g/mol. The minimum absolute atomic E-state index is 0.216. The van der Waals surface area contributed by atoms with Gasteiger partial charge in [0.1, 0.15) is 0 Å². The molecule has 6 nitrogen and oxygen atoms in total. The van der Waals surface area contributed by atoms with Crippen molar-refractivity contribution in [1.82, 2.24) is 14.8 Å². The second-order valence-electron chi connectivity index (χ2n) is 5.78. The molecule has 126 valence electrons. The van der Waals surface area contributed by atoms with Crippen molar-refractivity contribution in [1.29, 1.82) is 0 Å². The summed E-state index contributed by atoms with van der Waals surface area (Å²) < 4.78 is 7.13. The van der Waals surface area contributed by atoms with E-state index in [-0.39, 0.29) is 5.91 Å². The van der Waals surface area contributed by atoms with E-state index in [1.165, 1.54) is 28.5 Å². The number of thiazole rings is 1. The van der Waals surface area contributed by atoms with Crippen molar-refractivity contribution in [2.24, 2.45) is 7.05 Å². The van der Waals surface area contributed by atoms with Gasteiger partial charge in [0.25, 0.3) is 0 Å². The number of amides is 1. The summed E-state index contributed by atoms with van der Waals surface area (Å²) in [4.78, 5) is 16.5. The van der Waals surface area contributed by atoms with E-state index >= 15 is 0 Å². The van der Waals surface area contributed by atoms with E-state index in [0.29, 0.717) is 18.3 Å². The van der Waals surface area contributed by atoms with Crippen molar-refractivity contribution in [2.45, 2.75) is 13.2 Å². The van der Waals surface area contributed by atoms with Crippen LogP contribution in [-0.2, 0) is 29.8 Å². The highest BCUT2D eigenvalue weighted by molar-refractivity contribution is 7.14. The van der Waals surface area contributed by atoms with Crippen LogP contribution in [0.5, 0.6) is 0 Å². The number of carbonyl (C=O) groups is 1. The van der Waals surface area contributed by atoms with E-state index < -0.39 is 0 Å². The summed E-state index contributed by atoms with van der Waals surface area (Å²) >= 11 is 1.41. The molecule has 3 aromatic rings. The average Bonchev–Trinajstić information content (AvgIpc) is 3.32. The zero-order valence-corrected chi connectivity index (χ0v) is 14.4. The molecule has 1 aliphatic heterocycles. The number of anilines is 1. The molecule has 0 saturated heterocycles. The number of aryl methyl sites for hydroxylation is 1. The van der Waals surface area contributed by atoms with Crippen LogP contribution >= 0.6 is 11.3 Å². The lowest BCUT2D eigenvalue weighted by Gasteiger charge is -2.00. The fourth-order valence-corrected chi connectivity index (χ4v) is 3.36. The third-order valence-corrected chi connectivity index (χ3v) is 4.66. The first kappa shape index (κ1) is 15.7. The molecule has 0 fully saturated rings. The third-order valence-electron chi connectivity index (χ3n) is 3.90. The minimum atomic E-state index is -0.216. The Kier molecular flexibility index (Phi) is 4.17. The summed E-state index contributed by atoms with van der Waals surface area (Å²) in [5.41, 5.74) is 5.19. The fraction of sp³-hybridized carbons (Fsp3) is 0.167. The number of rotatable bonds is 4. The number of benzene rings is 1. The van der Waals surface area contributed by atoms with Gasteiger partial charge in [-0.25, -0.2) is 4.98 Å². The maximum Gasteiger partial charge on any atom is 0.250 e. The van der Waals surface area contributed by atoms with Crippen LogP contribution in [0.2, 0.25) is 0 Å². The molecule has 0 unspecified atom stereocenters. The normalized spacial score (nSPS) is 13.3. The Bertz CT molecular complexity index is 958. The van der Waals surface area contributed by atoms with Crippen LogP contribution in [-0.4, -0.2) is 20.7 Å². The molecule has 0 atom stereocenters. The Morgan fingerprint density at radius 3 is 3.08 bits per heavy atom. The van der Waals surface area contributed by atoms with Crippen LogP contribution in [0.1, 0.15) is 16.7 Å². The highest BCUT2D eigenvalue weighted by atomic mass is 32.1. The van der Waals surface area contributed by atoms with E-state index in [2.05, 4.69) is 27.5 Å². The van der Waals surface area contributed by atoms with Crippen molar-refractivity contribution in [3.63, 3.8) is 0 Å². The molecule has 0 aliphatic carbocycles. The molecule has 1 aliphatic rings. The van der Waals surface area contributed by atoms with Gasteiger partial charge in [0.05, 0.1) is 25.1 Å². The molecule has 0 saturated carbocycles. The Morgan fingerprint density at radius 2 is 2.24 bits per heavy atom. The molecule has 0 radical (unpaired) electrons. The van der Waals surface area contributed by atoms with E-state index in [4.69, 9.17) is 4.74 Å². The van der Waals surface area contributed by atoms with Gasteiger partial charge in [0.2, 0.25) is 5.91 Å². The van der Waals surface area contributed by atoms with Gasteiger partial charge in [-0.2, -0.15) is 5.10 Å². The first-order valence-corrected chi connectivity index (χ1v) is 8.68. The number of carbonyl (C=O) groups excluding carboxylic acids is 1. The van der Waals surface area contributed by atoms with E-state index in [0.717, 1.165) is 16.8 Å². The molecule has 1 aromatic carbocycles. The average molecular weight is 352 g/mol. The summed E-state index contributed by atoms with van der Waals surface area (Å²) in [5, 5.41) is 9.36. The van der Waals surface area contributed by atoms with Gasteiger partial charge >= 0.3 is 0 Å². The lowest BCUT2D eigenvalue weighted by molar-refractivity contribution is -0.111. The first-order chi connectivity index (χ1) is 12.2. The monoisotopic (exact) mass is 352 g/mol. The number of fused-ring (bicyclic) bond motifs is 1. The number of ether oxygens (including phenoxy) is 1. The van der Waals surface area contributed by atoms with Crippen molar-refractivity contribution >= 4 is 28.5 Å². The molecule has 2 aromatic heterocycles. The van der Waals surface area contributed by atoms with Gasteiger partial charge in [-0.05, 0) is 23.3 Å². The molecule has 4 rings (SSSR count). The summed E-state index contributed by atoms with van der Waals surface area (Å²) in [6.07, 6.45) is 6.73. The standard InChI is InChI=1S/C18H16N4O2S/c1-22-8-12(7-19-22)2-5-17(23)21-18-20-16(11-25-18)13-3-4-14-9-24-10-15(14)6-13/h2-8,11H,9-10H2,1H3,(H,20,21,23). The maximum absolute atomic E-state index is 12.0. The van der Waals surface area contributed by atoms with E-state index in [9.17, 15) is 4.79 Å². The summed E-state index contributed by atoms with van der Waals surface area (Å²) in [6.45, 7) is 1.33. The lowest BCUT2D eigenvalue weighted by atomic mass is 10.1. The van der Waals surface area contributed by atoms with Gasteiger partial charge < -0.3 is 4.74 Å². The van der Waals surface area contributed by atoms with Gasteiger partial charge in [-0.3, -0.25) is 14.8 Å². The smallest absolute Gasteiger partial charge is 0.250 e. The van der Waals surface area contributed by atoms with Crippen molar-refractivity contribution < 1.29 is 9.53 Å². The third kappa shape index (κ3) is 3.52. The summed E-state index contributed by atoms with van der Waals surface area (Å²) in [5.74, 6) is -0.216. The van der Waals surface area contributed by atoms with Crippen molar-refractivity contribution in [3.05, 3.63) is 58.7 Å². The van der Waals surface area contributed by atoms with E-state index in [1.807, 2.05) is 24.7 Å². The van der Waals surface area contributed by atoms with Crippen LogP contribution in [0.15, 0.2) is 42.0 Å². The SMILES string of the molecule is Cn1cc(C=CC(=O)Nc2nc(-c3ccc4c(c3)COC4)cs2)cn1. The molecule has 7 heteroatoms. The molecule has 0 spiro atoms. The highest BCUT2D eigenvalue weighted by Gasteiger charge is 2.13. The molecule has 1 N–H and O–H groups in total.